The molecule has 0 aliphatic carbocycles. The van der Waals surface area contributed by atoms with Crippen molar-refractivity contribution in [3.63, 3.8) is 0 Å². The zero-order valence-corrected chi connectivity index (χ0v) is 16.3. The van der Waals surface area contributed by atoms with Gasteiger partial charge in [-0.15, -0.1) is 5.10 Å². The molecule has 0 fully saturated rings. The fourth-order valence-electron chi connectivity index (χ4n) is 3.12. The van der Waals surface area contributed by atoms with Crippen molar-refractivity contribution >= 4 is 17.2 Å². The molecule has 0 spiro atoms. The number of imidazole rings is 1. The third kappa shape index (κ3) is 4.10. The second-order valence-electron chi connectivity index (χ2n) is 6.77. The van der Waals surface area contributed by atoms with Crippen molar-refractivity contribution in [2.45, 2.75) is 6.61 Å². The zero-order valence-electron chi connectivity index (χ0n) is 16.3. The minimum absolute atomic E-state index is 0.228. The van der Waals surface area contributed by atoms with Crippen molar-refractivity contribution in [1.82, 2.24) is 29.6 Å². The van der Waals surface area contributed by atoms with Crippen LogP contribution in [0, 0.1) is 0 Å². The Hall–Kier alpha value is -4.53. The number of fused-ring (bicyclic) bond motifs is 1. The van der Waals surface area contributed by atoms with Crippen molar-refractivity contribution in [3.8, 4) is 11.4 Å². The number of rotatable bonds is 6. The van der Waals surface area contributed by atoms with Gasteiger partial charge in [0.1, 0.15) is 24.3 Å². The van der Waals surface area contributed by atoms with Crippen LogP contribution in [0.2, 0.25) is 0 Å². The molecule has 3 aromatic heterocycles. The van der Waals surface area contributed by atoms with Gasteiger partial charge in [-0.05, 0) is 65.0 Å². The van der Waals surface area contributed by atoms with E-state index < -0.39 is 0 Å². The first-order valence-electron chi connectivity index (χ1n) is 9.55. The van der Waals surface area contributed by atoms with Gasteiger partial charge in [-0.1, -0.05) is 12.1 Å². The second-order valence-corrected chi connectivity index (χ2v) is 6.77. The van der Waals surface area contributed by atoms with Crippen molar-refractivity contribution in [2.24, 2.45) is 0 Å². The van der Waals surface area contributed by atoms with Crippen molar-refractivity contribution in [2.75, 3.05) is 5.32 Å². The number of anilines is 1. The third-order valence-corrected chi connectivity index (χ3v) is 4.64. The highest BCUT2D eigenvalue weighted by Crippen LogP contribution is 2.18. The summed E-state index contributed by atoms with van der Waals surface area (Å²) in [5.41, 5.74) is 3.63. The van der Waals surface area contributed by atoms with Gasteiger partial charge in [0.2, 0.25) is 0 Å². The van der Waals surface area contributed by atoms with E-state index >= 15 is 0 Å². The molecule has 0 bridgehead atoms. The van der Waals surface area contributed by atoms with E-state index in [1.807, 2.05) is 53.2 Å². The predicted octanol–water partition coefficient (Wildman–Crippen LogP) is 3.14. The molecule has 0 aliphatic heterocycles. The van der Waals surface area contributed by atoms with Gasteiger partial charge >= 0.3 is 0 Å². The van der Waals surface area contributed by atoms with Gasteiger partial charge in [0.05, 0.1) is 11.4 Å². The number of tetrazole rings is 1. The quantitative estimate of drug-likeness (QED) is 0.461. The maximum Gasteiger partial charge on any atom is 0.255 e. The number of aromatic nitrogens is 6. The molecule has 9 nitrogen and oxygen atoms in total. The Morgan fingerprint density at radius 3 is 2.74 bits per heavy atom. The number of nitrogens with zero attached hydrogens (tertiary/aromatic N) is 6. The van der Waals surface area contributed by atoms with Crippen LogP contribution in [0.25, 0.3) is 11.3 Å². The van der Waals surface area contributed by atoms with Crippen LogP contribution >= 0.6 is 0 Å². The van der Waals surface area contributed by atoms with Crippen molar-refractivity contribution in [3.05, 3.63) is 96.7 Å². The molecule has 3 heterocycles. The fraction of sp³-hybridized carbons (Fsp3) is 0.0455. The molecule has 5 aromatic rings. The summed E-state index contributed by atoms with van der Waals surface area (Å²) in [6.45, 7) is 0.311. The molecule has 31 heavy (non-hydrogen) atoms. The fourth-order valence-corrected chi connectivity index (χ4v) is 3.12. The molecule has 152 valence electrons. The smallest absolute Gasteiger partial charge is 0.255 e. The highest BCUT2D eigenvalue weighted by atomic mass is 16.5. The Bertz CT molecular complexity index is 1290. The molecule has 0 saturated heterocycles. The van der Waals surface area contributed by atoms with E-state index in [9.17, 15) is 4.79 Å². The first-order chi connectivity index (χ1) is 15.2. The van der Waals surface area contributed by atoms with Crippen LogP contribution in [0.1, 0.15) is 16.1 Å². The van der Waals surface area contributed by atoms with Crippen molar-refractivity contribution < 1.29 is 9.53 Å². The minimum atomic E-state index is -0.228. The van der Waals surface area contributed by atoms with Crippen LogP contribution in [0.15, 0.2) is 85.5 Å². The number of benzene rings is 2. The lowest BCUT2D eigenvalue weighted by Crippen LogP contribution is -2.12. The molecule has 2 aromatic carbocycles. The van der Waals surface area contributed by atoms with Gasteiger partial charge in [0.15, 0.2) is 0 Å². The first-order valence-corrected chi connectivity index (χ1v) is 9.55. The van der Waals surface area contributed by atoms with E-state index in [1.165, 1.54) is 11.0 Å². The van der Waals surface area contributed by atoms with Gasteiger partial charge in [0.25, 0.3) is 5.91 Å². The number of hydrogen-bond acceptors (Lipinski definition) is 6. The lowest BCUT2D eigenvalue weighted by atomic mass is 10.2. The molecule has 0 aliphatic rings. The van der Waals surface area contributed by atoms with E-state index in [4.69, 9.17) is 4.74 Å². The summed E-state index contributed by atoms with van der Waals surface area (Å²) < 4.78 is 9.32. The van der Waals surface area contributed by atoms with Gasteiger partial charge in [-0.25, -0.2) is 9.67 Å². The predicted molar refractivity (Wildman–Crippen MR) is 113 cm³/mol. The average Bonchev–Trinajstić information content (AvgIpc) is 3.48. The number of amides is 1. The molecule has 0 radical (unpaired) electrons. The van der Waals surface area contributed by atoms with Crippen LogP contribution in [0.3, 0.4) is 0 Å². The summed E-state index contributed by atoms with van der Waals surface area (Å²) >= 11 is 0. The highest BCUT2D eigenvalue weighted by molar-refractivity contribution is 6.04. The normalized spacial score (nSPS) is 10.8. The standard InChI is InChI=1S/C22H17N7O2/c30-22(25-17-7-9-19(10-8-17)29-15-23-26-27-29)16-4-3-5-20(12-16)31-14-18-13-28-11-2-1-6-21(28)24-18/h1-13,15H,14H2,(H,25,30). The van der Waals surface area contributed by atoms with Crippen LogP contribution in [0.5, 0.6) is 5.75 Å². The summed E-state index contributed by atoms with van der Waals surface area (Å²) in [6.07, 6.45) is 5.36. The number of nitrogens with one attached hydrogen (secondary N) is 1. The van der Waals surface area contributed by atoms with Gasteiger partial charge in [-0.2, -0.15) is 0 Å². The first kappa shape index (κ1) is 18.5. The molecule has 9 heteroatoms. The maximum absolute atomic E-state index is 12.7. The summed E-state index contributed by atoms with van der Waals surface area (Å²) in [7, 11) is 0. The van der Waals surface area contributed by atoms with Crippen LogP contribution in [-0.2, 0) is 6.61 Å². The summed E-state index contributed by atoms with van der Waals surface area (Å²) in [5.74, 6) is 0.368. The zero-order chi connectivity index (χ0) is 21.0. The molecule has 1 amide bonds. The molecule has 5 rings (SSSR count). The van der Waals surface area contributed by atoms with Crippen LogP contribution in [-0.4, -0.2) is 35.5 Å². The summed E-state index contributed by atoms with van der Waals surface area (Å²) in [4.78, 5) is 17.2. The molecular weight excluding hydrogens is 394 g/mol. The number of hydrogen-bond donors (Lipinski definition) is 1. The molecule has 1 N–H and O–H groups in total. The molecule has 0 saturated carbocycles. The van der Waals surface area contributed by atoms with Gasteiger partial charge < -0.3 is 14.5 Å². The molecule has 0 unspecified atom stereocenters. The van der Waals surface area contributed by atoms with Gasteiger partial charge in [0, 0.05) is 23.6 Å². The SMILES string of the molecule is O=C(Nc1ccc(-n2cnnn2)cc1)c1cccc(OCc2cn3ccccc3n2)c1. The monoisotopic (exact) mass is 411 g/mol. The highest BCUT2D eigenvalue weighted by Gasteiger charge is 2.09. The number of carbonyl (C=O) groups is 1. The van der Waals surface area contributed by atoms with Crippen LogP contribution in [0.4, 0.5) is 5.69 Å². The Morgan fingerprint density at radius 1 is 1.03 bits per heavy atom. The Kier molecular flexibility index (Phi) is 4.82. The minimum Gasteiger partial charge on any atom is -0.487 e. The molecular formula is C22H17N7O2. The lowest BCUT2D eigenvalue weighted by Gasteiger charge is -2.09. The third-order valence-electron chi connectivity index (χ3n) is 4.64. The van der Waals surface area contributed by atoms with E-state index in [2.05, 4.69) is 25.8 Å². The number of ether oxygens (including phenoxy) is 1. The lowest BCUT2D eigenvalue weighted by molar-refractivity contribution is 0.102. The Morgan fingerprint density at radius 2 is 1.94 bits per heavy atom. The largest absolute Gasteiger partial charge is 0.487 e. The second kappa shape index (κ2) is 8.07. The van der Waals surface area contributed by atoms with Gasteiger partial charge in [-0.3, -0.25) is 4.79 Å². The summed E-state index contributed by atoms with van der Waals surface area (Å²) in [5, 5.41) is 13.9. The Labute approximate surface area is 176 Å². The Balaban J connectivity index is 1.24. The van der Waals surface area contributed by atoms with Crippen molar-refractivity contribution in [1.29, 1.82) is 0 Å². The topological polar surface area (TPSA) is 99.2 Å². The summed E-state index contributed by atoms with van der Waals surface area (Å²) in [6, 6.07) is 20.1. The van der Waals surface area contributed by atoms with E-state index in [1.54, 1.807) is 30.3 Å². The average molecular weight is 411 g/mol. The van der Waals surface area contributed by atoms with E-state index in [0.29, 0.717) is 23.6 Å². The maximum atomic E-state index is 12.7. The van der Waals surface area contributed by atoms with Crippen LogP contribution < -0.4 is 10.1 Å². The number of pyridine rings is 1. The van der Waals surface area contributed by atoms with E-state index in [-0.39, 0.29) is 5.91 Å². The van der Waals surface area contributed by atoms with E-state index in [0.717, 1.165) is 17.0 Å². The number of carbonyl (C=O) groups excluding carboxylic acids is 1. The molecule has 0 atom stereocenters.